The molecule has 2 heterocycles. The third-order valence-electron chi connectivity index (χ3n) is 5.85. The number of benzene rings is 2. The fourth-order valence-corrected chi connectivity index (χ4v) is 4.02. The van der Waals surface area contributed by atoms with Crippen molar-refractivity contribution in [3.05, 3.63) is 65.7 Å². The van der Waals surface area contributed by atoms with Crippen LogP contribution in [0.4, 0.5) is 5.69 Å². The zero-order valence-electron chi connectivity index (χ0n) is 16.8. The minimum Gasteiger partial charge on any atom is -0.336 e. The van der Waals surface area contributed by atoms with Crippen molar-refractivity contribution in [1.82, 2.24) is 15.1 Å². The molecule has 2 aromatic rings. The third kappa shape index (κ3) is 4.66. The predicted octanol–water partition coefficient (Wildman–Crippen LogP) is 2.51. The number of nitrogens with one attached hydrogen (secondary N) is 2. The normalized spacial score (nSPS) is 22.4. The molecule has 6 nitrogen and oxygen atoms in total. The lowest BCUT2D eigenvalue weighted by Gasteiger charge is -2.32. The molecule has 2 fully saturated rings. The summed E-state index contributed by atoms with van der Waals surface area (Å²) < 4.78 is 0. The van der Waals surface area contributed by atoms with Gasteiger partial charge in [0.25, 0.3) is 5.91 Å². The van der Waals surface area contributed by atoms with Gasteiger partial charge in [0.05, 0.1) is 6.04 Å². The van der Waals surface area contributed by atoms with Crippen molar-refractivity contribution in [1.29, 1.82) is 0 Å². The van der Waals surface area contributed by atoms with Gasteiger partial charge < -0.3 is 15.1 Å². The molecule has 4 rings (SSSR count). The molecule has 0 radical (unpaired) electrons. The molecule has 6 heteroatoms. The largest absolute Gasteiger partial charge is 0.336 e. The fraction of sp³-hybridized carbons (Fsp3) is 0.391. The number of carbonyl (C=O) groups excluding carboxylic acids is 2. The second kappa shape index (κ2) is 8.76. The summed E-state index contributed by atoms with van der Waals surface area (Å²) >= 11 is 0. The van der Waals surface area contributed by atoms with Crippen LogP contribution in [-0.2, 0) is 4.79 Å². The number of amides is 2. The van der Waals surface area contributed by atoms with Crippen LogP contribution >= 0.6 is 0 Å². The van der Waals surface area contributed by atoms with E-state index in [0.717, 1.165) is 44.7 Å². The standard InChI is InChI=1S/C23H28N4O2/c1-26-13-15-27(16-14-26)23(29)18-7-9-19(10-8-18)24-22(28)21-12-11-20(25-21)17-5-3-2-4-6-17/h2-10,20-21,25H,11-16H2,1H3,(H,24,28)/t20-,21+/m0/s1. The van der Waals surface area contributed by atoms with Gasteiger partial charge in [0.2, 0.25) is 5.91 Å². The molecule has 0 spiro atoms. The van der Waals surface area contributed by atoms with Crippen LogP contribution in [0.5, 0.6) is 0 Å². The molecule has 0 saturated carbocycles. The van der Waals surface area contributed by atoms with E-state index < -0.39 is 0 Å². The molecule has 2 atom stereocenters. The minimum atomic E-state index is -0.202. The van der Waals surface area contributed by atoms with Gasteiger partial charge in [-0.1, -0.05) is 30.3 Å². The fourth-order valence-electron chi connectivity index (χ4n) is 4.02. The molecular weight excluding hydrogens is 364 g/mol. The van der Waals surface area contributed by atoms with Crippen molar-refractivity contribution in [2.75, 3.05) is 38.5 Å². The monoisotopic (exact) mass is 392 g/mol. The SMILES string of the molecule is CN1CCN(C(=O)c2ccc(NC(=O)[C@H]3CC[C@@H](c4ccccc4)N3)cc2)CC1. The first-order valence-electron chi connectivity index (χ1n) is 10.3. The highest BCUT2D eigenvalue weighted by Crippen LogP contribution is 2.27. The van der Waals surface area contributed by atoms with Gasteiger partial charge in [-0.2, -0.15) is 0 Å². The molecule has 2 aromatic carbocycles. The van der Waals surface area contributed by atoms with Crippen LogP contribution in [0.25, 0.3) is 0 Å². The van der Waals surface area contributed by atoms with E-state index in [0.29, 0.717) is 5.56 Å². The molecule has 152 valence electrons. The number of likely N-dealkylation sites (N-methyl/N-ethyl adjacent to an activating group) is 1. The molecule has 2 amide bonds. The van der Waals surface area contributed by atoms with Crippen molar-refractivity contribution < 1.29 is 9.59 Å². The molecule has 2 aliphatic rings. The summed E-state index contributed by atoms with van der Waals surface area (Å²) in [5, 5.41) is 6.40. The van der Waals surface area contributed by atoms with Gasteiger partial charge >= 0.3 is 0 Å². The van der Waals surface area contributed by atoms with Gasteiger partial charge in [-0.15, -0.1) is 0 Å². The Bertz CT molecular complexity index is 845. The number of nitrogens with zero attached hydrogens (tertiary/aromatic N) is 2. The zero-order chi connectivity index (χ0) is 20.2. The number of carbonyl (C=O) groups is 2. The highest BCUT2D eigenvalue weighted by Gasteiger charge is 2.29. The highest BCUT2D eigenvalue weighted by atomic mass is 16.2. The molecule has 0 bridgehead atoms. The van der Waals surface area contributed by atoms with E-state index in [1.165, 1.54) is 5.56 Å². The quantitative estimate of drug-likeness (QED) is 0.839. The first-order chi connectivity index (χ1) is 14.1. The summed E-state index contributed by atoms with van der Waals surface area (Å²) in [6.07, 6.45) is 1.76. The lowest BCUT2D eigenvalue weighted by Crippen LogP contribution is -2.47. The molecule has 29 heavy (non-hydrogen) atoms. The summed E-state index contributed by atoms with van der Waals surface area (Å²) in [6.45, 7) is 3.31. The molecule has 2 N–H and O–H groups in total. The Morgan fingerprint density at radius 1 is 0.931 bits per heavy atom. The number of rotatable bonds is 4. The maximum Gasteiger partial charge on any atom is 0.253 e. The van der Waals surface area contributed by atoms with E-state index in [1.54, 1.807) is 12.1 Å². The Labute approximate surface area is 171 Å². The molecule has 0 unspecified atom stereocenters. The van der Waals surface area contributed by atoms with Gasteiger partial charge in [0.1, 0.15) is 0 Å². The van der Waals surface area contributed by atoms with E-state index >= 15 is 0 Å². The number of hydrogen-bond acceptors (Lipinski definition) is 4. The Morgan fingerprint density at radius 2 is 1.62 bits per heavy atom. The second-order valence-corrected chi connectivity index (χ2v) is 7.92. The molecule has 0 aromatic heterocycles. The third-order valence-corrected chi connectivity index (χ3v) is 5.85. The van der Waals surface area contributed by atoms with Crippen LogP contribution in [0.3, 0.4) is 0 Å². The van der Waals surface area contributed by atoms with Gasteiger partial charge in [0.15, 0.2) is 0 Å². The molecule has 2 saturated heterocycles. The van der Waals surface area contributed by atoms with Crippen molar-refractivity contribution in [3.8, 4) is 0 Å². The Morgan fingerprint density at radius 3 is 2.31 bits per heavy atom. The summed E-state index contributed by atoms with van der Waals surface area (Å²) in [5.41, 5.74) is 2.60. The zero-order valence-corrected chi connectivity index (χ0v) is 16.8. The van der Waals surface area contributed by atoms with Gasteiger partial charge in [-0.3, -0.25) is 14.9 Å². The predicted molar refractivity (Wildman–Crippen MR) is 114 cm³/mol. The number of anilines is 1. The Kier molecular flexibility index (Phi) is 5.92. The van der Waals surface area contributed by atoms with E-state index in [2.05, 4.69) is 34.7 Å². The maximum absolute atomic E-state index is 12.6. The van der Waals surface area contributed by atoms with E-state index in [-0.39, 0.29) is 23.9 Å². The molecule has 0 aliphatic carbocycles. The highest BCUT2D eigenvalue weighted by molar-refractivity contribution is 5.97. The average Bonchev–Trinajstić information content (AvgIpc) is 3.26. The average molecular weight is 393 g/mol. The smallest absolute Gasteiger partial charge is 0.253 e. The van der Waals surface area contributed by atoms with Crippen LogP contribution in [0.1, 0.15) is 34.8 Å². The van der Waals surface area contributed by atoms with Crippen LogP contribution < -0.4 is 10.6 Å². The van der Waals surface area contributed by atoms with E-state index in [4.69, 9.17) is 0 Å². The summed E-state index contributed by atoms with van der Waals surface area (Å²) in [7, 11) is 2.07. The first-order valence-corrected chi connectivity index (χ1v) is 10.3. The molecule has 2 aliphatic heterocycles. The number of hydrogen-bond donors (Lipinski definition) is 2. The summed E-state index contributed by atoms with van der Waals surface area (Å²) in [5.74, 6) is 0.0284. The van der Waals surface area contributed by atoms with Crippen molar-refractivity contribution in [2.45, 2.75) is 24.9 Å². The van der Waals surface area contributed by atoms with Crippen LogP contribution in [0.2, 0.25) is 0 Å². The van der Waals surface area contributed by atoms with Crippen LogP contribution in [-0.4, -0.2) is 60.9 Å². The maximum atomic E-state index is 12.6. The second-order valence-electron chi connectivity index (χ2n) is 7.92. The Balaban J connectivity index is 1.32. The van der Waals surface area contributed by atoms with Crippen molar-refractivity contribution in [2.24, 2.45) is 0 Å². The first kappa shape index (κ1) is 19.6. The van der Waals surface area contributed by atoms with E-state index in [1.807, 2.05) is 35.2 Å². The number of piperazine rings is 1. The topological polar surface area (TPSA) is 64.7 Å². The summed E-state index contributed by atoms with van der Waals surface area (Å²) in [4.78, 5) is 29.4. The van der Waals surface area contributed by atoms with Crippen molar-refractivity contribution >= 4 is 17.5 Å². The van der Waals surface area contributed by atoms with Gasteiger partial charge in [-0.25, -0.2) is 0 Å². The Hall–Kier alpha value is -2.70. The minimum absolute atomic E-state index is 0.0263. The summed E-state index contributed by atoms with van der Waals surface area (Å²) in [6, 6.07) is 17.5. The van der Waals surface area contributed by atoms with Crippen LogP contribution in [0.15, 0.2) is 54.6 Å². The lowest BCUT2D eigenvalue weighted by molar-refractivity contribution is -0.117. The van der Waals surface area contributed by atoms with E-state index in [9.17, 15) is 9.59 Å². The van der Waals surface area contributed by atoms with Crippen LogP contribution in [0, 0.1) is 0 Å². The van der Waals surface area contributed by atoms with Gasteiger partial charge in [-0.05, 0) is 49.7 Å². The molecular formula is C23H28N4O2. The lowest BCUT2D eigenvalue weighted by atomic mass is 10.1. The van der Waals surface area contributed by atoms with Crippen molar-refractivity contribution in [3.63, 3.8) is 0 Å². The van der Waals surface area contributed by atoms with Gasteiger partial charge in [0, 0.05) is 43.5 Å².